The summed E-state index contributed by atoms with van der Waals surface area (Å²) in [5.41, 5.74) is 7.74. The van der Waals surface area contributed by atoms with Gasteiger partial charge in [0, 0.05) is 29.8 Å². The second kappa shape index (κ2) is 10.6. The van der Waals surface area contributed by atoms with Gasteiger partial charge in [-0.3, -0.25) is 9.48 Å². The maximum atomic E-state index is 14.0. The third-order valence-electron chi connectivity index (χ3n) is 7.64. The molecule has 0 spiro atoms. The fourth-order valence-electron chi connectivity index (χ4n) is 5.76. The number of tetrazole rings is 1. The molecule has 6 rings (SSSR count). The van der Waals surface area contributed by atoms with Crippen molar-refractivity contribution < 1.29 is 0 Å². The average Bonchev–Trinajstić information content (AvgIpc) is 3.60. The first-order chi connectivity index (χ1) is 18.7. The Morgan fingerprint density at radius 1 is 0.947 bits per heavy atom. The first kappa shape index (κ1) is 24.1. The van der Waals surface area contributed by atoms with E-state index in [-0.39, 0.29) is 11.6 Å². The Balaban J connectivity index is 1.35. The molecule has 3 aromatic carbocycles. The highest BCUT2D eigenvalue weighted by Crippen LogP contribution is 2.32. The SMILES string of the molecule is CCCCc1c(Cc2ccc(-c3ccccc3-c3nn[nH]n3)cc2)c(=O)n2n1CCCC2c1ccccc1. The summed E-state index contributed by atoms with van der Waals surface area (Å²) in [5.74, 6) is 0.575. The van der Waals surface area contributed by atoms with Gasteiger partial charge in [-0.2, -0.15) is 5.21 Å². The van der Waals surface area contributed by atoms with Crippen LogP contribution in [0.3, 0.4) is 0 Å². The van der Waals surface area contributed by atoms with Crippen molar-refractivity contribution >= 4 is 0 Å². The highest BCUT2D eigenvalue weighted by Gasteiger charge is 2.28. The molecule has 0 saturated heterocycles. The summed E-state index contributed by atoms with van der Waals surface area (Å²) in [7, 11) is 0. The summed E-state index contributed by atoms with van der Waals surface area (Å²) in [6, 6.07) is 27.2. The van der Waals surface area contributed by atoms with E-state index in [1.807, 2.05) is 24.3 Å². The van der Waals surface area contributed by atoms with Crippen molar-refractivity contribution in [3.8, 4) is 22.5 Å². The normalized spacial score (nSPS) is 14.9. The van der Waals surface area contributed by atoms with Gasteiger partial charge in [0.05, 0.1) is 6.04 Å². The molecule has 0 saturated carbocycles. The van der Waals surface area contributed by atoms with Crippen LogP contribution in [0.1, 0.15) is 61.0 Å². The molecule has 1 aliphatic heterocycles. The third-order valence-corrected chi connectivity index (χ3v) is 7.64. The molecule has 7 nitrogen and oxygen atoms in total. The predicted octanol–water partition coefficient (Wildman–Crippen LogP) is 5.81. The summed E-state index contributed by atoms with van der Waals surface area (Å²) < 4.78 is 4.35. The molecule has 192 valence electrons. The lowest BCUT2D eigenvalue weighted by Crippen LogP contribution is -2.33. The van der Waals surface area contributed by atoms with E-state index >= 15 is 0 Å². The predicted molar refractivity (Wildman–Crippen MR) is 149 cm³/mol. The number of hydrogen-bond acceptors (Lipinski definition) is 4. The van der Waals surface area contributed by atoms with Crippen LogP contribution in [-0.2, 0) is 19.4 Å². The monoisotopic (exact) mass is 504 g/mol. The Morgan fingerprint density at radius 3 is 2.45 bits per heavy atom. The molecule has 1 aliphatic rings. The molecule has 0 fully saturated rings. The van der Waals surface area contributed by atoms with Gasteiger partial charge in [0.2, 0.25) is 5.82 Å². The summed E-state index contributed by atoms with van der Waals surface area (Å²) >= 11 is 0. The first-order valence-electron chi connectivity index (χ1n) is 13.5. The van der Waals surface area contributed by atoms with Gasteiger partial charge >= 0.3 is 0 Å². The minimum Gasteiger partial charge on any atom is -0.286 e. The van der Waals surface area contributed by atoms with Crippen molar-refractivity contribution in [2.24, 2.45) is 0 Å². The molecule has 0 bridgehead atoms. The number of aromatic amines is 1. The Bertz CT molecular complexity index is 1570. The topological polar surface area (TPSA) is 81.4 Å². The molecular formula is C31H32N6O. The quantitative estimate of drug-likeness (QED) is 0.289. The summed E-state index contributed by atoms with van der Waals surface area (Å²) in [6.07, 6.45) is 5.84. The maximum Gasteiger partial charge on any atom is 0.271 e. The fourth-order valence-corrected chi connectivity index (χ4v) is 5.76. The Hall–Kier alpha value is -4.26. The Morgan fingerprint density at radius 2 is 1.71 bits per heavy atom. The number of nitrogens with one attached hydrogen (secondary N) is 1. The lowest BCUT2D eigenvalue weighted by atomic mass is 9.96. The number of H-pyrrole nitrogens is 1. The average molecular weight is 505 g/mol. The molecule has 38 heavy (non-hydrogen) atoms. The van der Waals surface area contributed by atoms with E-state index < -0.39 is 0 Å². The maximum absolute atomic E-state index is 14.0. The number of rotatable bonds is 8. The molecule has 0 aliphatic carbocycles. The van der Waals surface area contributed by atoms with E-state index in [4.69, 9.17) is 0 Å². The van der Waals surface area contributed by atoms with Gasteiger partial charge in [-0.1, -0.05) is 92.2 Å². The highest BCUT2D eigenvalue weighted by molar-refractivity contribution is 5.80. The lowest BCUT2D eigenvalue weighted by Gasteiger charge is -2.28. The fraction of sp³-hybridized carbons (Fsp3) is 0.290. The zero-order chi connectivity index (χ0) is 25.9. The molecule has 0 radical (unpaired) electrons. The van der Waals surface area contributed by atoms with Gasteiger partial charge in [0.25, 0.3) is 5.56 Å². The molecular weight excluding hydrogens is 472 g/mol. The number of unbranched alkanes of at least 4 members (excludes halogenated alkanes) is 1. The van der Waals surface area contributed by atoms with Gasteiger partial charge in [0.1, 0.15) is 0 Å². The zero-order valence-corrected chi connectivity index (χ0v) is 21.7. The minimum absolute atomic E-state index is 0.0931. The van der Waals surface area contributed by atoms with Crippen molar-refractivity contribution in [3.05, 3.63) is 112 Å². The van der Waals surface area contributed by atoms with E-state index in [0.717, 1.165) is 66.5 Å². The number of nitrogens with zero attached hydrogens (tertiary/aromatic N) is 5. The van der Waals surface area contributed by atoms with Gasteiger partial charge in [-0.15, -0.1) is 10.2 Å². The largest absolute Gasteiger partial charge is 0.286 e. The van der Waals surface area contributed by atoms with Crippen molar-refractivity contribution in [2.75, 3.05) is 0 Å². The van der Waals surface area contributed by atoms with Crippen molar-refractivity contribution in [1.82, 2.24) is 30.0 Å². The molecule has 7 heteroatoms. The van der Waals surface area contributed by atoms with Gasteiger partial charge in [-0.05, 0) is 53.2 Å². The van der Waals surface area contributed by atoms with E-state index in [9.17, 15) is 4.79 Å². The molecule has 0 amide bonds. The Kier molecular flexibility index (Phi) is 6.73. The number of hydrogen-bond donors (Lipinski definition) is 1. The van der Waals surface area contributed by atoms with E-state index in [0.29, 0.717) is 12.2 Å². The van der Waals surface area contributed by atoms with Gasteiger partial charge in [0.15, 0.2) is 0 Å². The van der Waals surface area contributed by atoms with Crippen LogP contribution in [0, 0.1) is 0 Å². The van der Waals surface area contributed by atoms with Crippen LogP contribution in [0.5, 0.6) is 0 Å². The van der Waals surface area contributed by atoms with Gasteiger partial charge < -0.3 is 0 Å². The van der Waals surface area contributed by atoms with Crippen LogP contribution in [0.2, 0.25) is 0 Å². The van der Waals surface area contributed by atoms with E-state index in [1.54, 1.807) is 0 Å². The zero-order valence-electron chi connectivity index (χ0n) is 21.7. The standard InChI is InChI=1S/C31H32N6O/c1-2-3-14-29-27(31(38)37-28(15-9-20-36(29)37)24-10-5-4-6-11-24)21-22-16-18-23(19-17-22)25-12-7-8-13-26(25)30-32-34-35-33-30/h4-8,10-13,16-19,28H,2-3,9,14-15,20-21H2,1H3,(H,32,33,34,35). The molecule has 1 unspecified atom stereocenters. The Labute approximate surface area is 222 Å². The van der Waals surface area contributed by atoms with Crippen LogP contribution < -0.4 is 5.56 Å². The van der Waals surface area contributed by atoms with Crippen LogP contribution in [-0.4, -0.2) is 30.0 Å². The van der Waals surface area contributed by atoms with Crippen LogP contribution in [0.15, 0.2) is 83.7 Å². The molecule has 1 atom stereocenters. The summed E-state index contributed by atoms with van der Waals surface area (Å²) in [6.45, 7) is 3.12. The van der Waals surface area contributed by atoms with Gasteiger partial charge in [-0.25, -0.2) is 4.68 Å². The highest BCUT2D eigenvalue weighted by atomic mass is 16.1. The van der Waals surface area contributed by atoms with Crippen LogP contribution in [0.25, 0.3) is 22.5 Å². The number of benzene rings is 3. The second-order valence-corrected chi connectivity index (χ2v) is 10.0. The minimum atomic E-state index is 0.0931. The van der Waals surface area contributed by atoms with Crippen LogP contribution in [0.4, 0.5) is 0 Å². The molecule has 3 heterocycles. The van der Waals surface area contributed by atoms with Crippen molar-refractivity contribution in [1.29, 1.82) is 0 Å². The molecule has 1 N–H and O–H groups in total. The lowest BCUT2D eigenvalue weighted by molar-refractivity contribution is 0.302. The summed E-state index contributed by atoms with van der Waals surface area (Å²) in [5, 5.41) is 14.6. The molecule has 5 aromatic rings. The smallest absolute Gasteiger partial charge is 0.271 e. The number of fused-ring (bicyclic) bond motifs is 1. The number of aromatic nitrogens is 6. The van der Waals surface area contributed by atoms with Crippen molar-refractivity contribution in [3.63, 3.8) is 0 Å². The summed E-state index contributed by atoms with van der Waals surface area (Å²) in [4.78, 5) is 14.0. The second-order valence-electron chi connectivity index (χ2n) is 10.0. The third kappa shape index (κ3) is 4.49. The van der Waals surface area contributed by atoms with E-state index in [2.05, 4.69) is 91.5 Å². The first-order valence-corrected chi connectivity index (χ1v) is 13.5. The van der Waals surface area contributed by atoms with Crippen LogP contribution >= 0.6 is 0 Å². The van der Waals surface area contributed by atoms with Crippen molar-refractivity contribution in [2.45, 2.75) is 58.0 Å². The van der Waals surface area contributed by atoms with E-state index in [1.165, 1.54) is 11.3 Å². The molecule has 2 aromatic heterocycles.